The van der Waals surface area contributed by atoms with E-state index in [0.717, 1.165) is 17.8 Å². The normalized spacial score (nSPS) is 10.6. The highest BCUT2D eigenvalue weighted by molar-refractivity contribution is 6.05. The maximum Gasteiger partial charge on any atom is 0.263 e. The summed E-state index contributed by atoms with van der Waals surface area (Å²) in [5.74, 6) is -0.777. The standard InChI is InChI=1S/C21H26N4O3.C2H6/c1-6-24(4)14(2)10-15-11-18(21(28)25(5)13-15)20(27)23-17-9-7-8-16(12-17)19(26)22-3;1-2/h7-13H,6H2,1-5H3,(H,22,26)(H,23,27);1-2H3/b14-10-;. The largest absolute Gasteiger partial charge is 0.378 e. The molecule has 1 aromatic carbocycles. The minimum absolute atomic E-state index is 0.0357. The molecule has 0 fully saturated rings. The van der Waals surface area contributed by atoms with Gasteiger partial charge in [0, 0.05) is 50.8 Å². The van der Waals surface area contributed by atoms with Crippen molar-refractivity contribution >= 4 is 23.6 Å². The molecule has 0 aliphatic rings. The molecule has 1 aromatic heterocycles. The van der Waals surface area contributed by atoms with Crippen LogP contribution < -0.4 is 16.2 Å². The van der Waals surface area contributed by atoms with Crippen molar-refractivity contribution in [3.8, 4) is 0 Å². The van der Waals surface area contributed by atoms with E-state index in [1.54, 1.807) is 43.6 Å². The minimum Gasteiger partial charge on any atom is -0.378 e. The maximum absolute atomic E-state index is 12.7. The Hall–Kier alpha value is -3.35. The number of anilines is 1. The highest BCUT2D eigenvalue weighted by Gasteiger charge is 2.14. The molecule has 2 N–H and O–H groups in total. The van der Waals surface area contributed by atoms with Crippen LogP contribution >= 0.6 is 0 Å². The molecule has 0 radical (unpaired) electrons. The lowest BCUT2D eigenvalue weighted by Crippen LogP contribution is -2.28. The zero-order chi connectivity index (χ0) is 22.8. The average molecular weight is 413 g/mol. The summed E-state index contributed by atoms with van der Waals surface area (Å²) >= 11 is 0. The quantitative estimate of drug-likeness (QED) is 0.762. The Bertz CT molecular complexity index is 977. The molecule has 7 heteroatoms. The van der Waals surface area contributed by atoms with E-state index in [1.807, 2.05) is 40.8 Å². The zero-order valence-corrected chi connectivity index (χ0v) is 18.9. The first kappa shape index (κ1) is 24.7. The highest BCUT2D eigenvalue weighted by Crippen LogP contribution is 2.13. The van der Waals surface area contributed by atoms with Crippen molar-refractivity contribution in [1.29, 1.82) is 0 Å². The van der Waals surface area contributed by atoms with Gasteiger partial charge in [0.2, 0.25) is 0 Å². The van der Waals surface area contributed by atoms with Gasteiger partial charge in [-0.15, -0.1) is 0 Å². The van der Waals surface area contributed by atoms with Crippen LogP contribution in [0.2, 0.25) is 0 Å². The first-order chi connectivity index (χ1) is 14.3. The summed E-state index contributed by atoms with van der Waals surface area (Å²) < 4.78 is 1.39. The third-order valence-corrected chi connectivity index (χ3v) is 4.51. The molecule has 0 saturated carbocycles. The molecular formula is C23H32N4O3. The molecular weight excluding hydrogens is 380 g/mol. The number of carbonyl (C=O) groups excluding carboxylic acids is 2. The van der Waals surface area contributed by atoms with Gasteiger partial charge in [-0.3, -0.25) is 14.4 Å². The lowest BCUT2D eigenvalue weighted by atomic mass is 10.1. The molecule has 2 rings (SSSR count). The summed E-state index contributed by atoms with van der Waals surface area (Å²) in [4.78, 5) is 39.0. The van der Waals surface area contributed by atoms with Crippen molar-refractivity contribution in [3.63, 3.8) is 0 Å². The monoisotopic (exact) mass is 412 g/mol. The summed E-state index contributed by atoms with van der Waals surface area (Å²) in [7, 11) is 5.12. The average Bonchev–Trinajstić information content (AvgIpc) is 2.76. The molecule has 0 atom stereocenters. The number of benzene rings is 1. The first-order valence-electron chi connectivity index (χ1n) is 10.0. The summed E-state index contributed by atoms with van der Waals surface area (Å²) in [5, 5.41) is 5.23. The fourth-order valence-electron chi connectivity index (χ4n) is 2.66. The van der Waals surface area contributed by atoms with Crippen LogP contribution in [0.4, 0.5) is 5.69 Å². The maximum atomic E-state index is 12.7. The van der Waals surface area contributed by atoms with Crippen LogP contribution in [-0.2, 0) is 7.05 Å². The van der Waals surface area contributed by atoms with Gasteiger partial charge < -0.3 is 20.1 Å². The molecule has 0 saturated heterocycles. The van der Waals surface area contributed by atoms with Crippen LogP contribution in [0, 0.1) is 0 Å². The van der Waals surface area contributed by atoms with Crippen LogP contribution in [0.15, 0.2) is 47.0 Å². The third kappa shape index (κ3) is 6.34. The number of nitrogens with zero attached hydrogens (tertiary/aromatic N) is 2. The summed E-state index contributed by atoms with van der Waals surface area (Å²) in [6.45, 7) is 8.87. The number of hydrogen-bond donors (Lipinski definition) is 2. The summed E-state index contributed by atoms with van der Waals surface area (Å²) in [5.41, 5.74) is 2.28. The number of allylic oxidation sites excluding steroid dienone is 1. The smallest absolute Gasteiger partial charge is 0.263 e. The van der Waals surface area contributed by atoms with Crippen molar-refractivity contribution in [1.82, 2.24) is 14.8 Å². The molecule has 2 amide bonds. The molecule has 1 heterocycles. The van der Waals surface area contributed by atoms with Gasteiger partial charge in [0.25, 0.3) is 17.4 Å². The number of aryl methyl sites for hydroxylation is 1. The summed E-state index contributed by atoms with van der Waals surface area (Å²) in [6.07, 6.45) is 3.62. The number of amides is 2. The predicted octanol–water partition coefficient (Wildman–Crippen LogP) is 3.34. The van der Waals surface area contributed by atoms with Gasteiger partial charge in [-0.2, -0.15) is 0 Å². The van der Waals surface area contributed by atoms with E-state index in [0.29, 0.717) is 11.3 Å². The second-order valence-electron chi connectivity index (χ2n) is 6.52. The van der Waals surface area contributed by atoms with E-state index in [-0.39, 0.29) is 11.5 Å². The Morgan fingerprint density at radius 1 is 1.17 bits per heavy atom. The zero-order valence-electron chi connectivity index (χ0n) is 18.9. The minimum atomic E-state index is -0.522. The second-order valence-corrected chi connectivity index (χ2v) is 6.52. The Balaban J connectivity index is 0.00000218. The Labute approximate surface area is 178 Å². The van der Waals surface area contributed by atoms with Crippen LogP contribution in [0.25, 0.3) is 6.08 Å². The van der Waals surface area contributed by atoms with Crippen LogP contribution in [0.1, 0.15) is 54.0 Å². The number of rotatable bonds is 6. The molecule has 0 aliphatic heterocycles. The first-order valence-corrected chi connectivity index (χ1v) is 10.0. The van der Waals surface area contributed by atoms with Crippen LogP contribution in [0.5, 0.6) is 0 Å². The molecule has 30 heavy (non-hydrogen) atoms. The second kappa shape index (κ2) is 11.6. The third-order valence-electron chi connectivity index (χ3n) is 4.51. The Morgan fingerprint density at radius 2 is 1.83 bits per heavy atom. The van der Waals surface area contributed by atoms with Crippen molar-refractivity contribution in [2.24, 2.45) is 7.05 Å². The molecule has 0 aliphatic carbocycles. The van der Waals surface area contributed by atoms with Gasteiger partial charge in [-0.1, -0.05) is 19.9 Å². The number of pyridine rings is 1. The van der Waals surface area contributed by atoms with Gasteiger partial charge >= 0.3 is 0 Å². The number of carbonyl (C=O) groups is 2. The molecule has 7 nitrogen and oxygen atoms in total. The van der Waals surface area contributed by atoms with Crippen molar-refractivity contribution in [3.05, 3.63) is 69.3 Å². The van der Waals surface area contributed by atoms with E-state index in [9.17, 15) is 14.4 Å². The van der Waals surface area contributed by atoms with E-state index in [4.69, 9.17) is 0 Å². The fraction of sp³-hybridized carbons (Fsp3) is 0.348. The SMILES string of the molecule is CC.CCN(C)/C(C)=C\c1cc(C(=O)Nc2cccc(C(=O)NC)c2)c(=O)n(C)c1. The molecule has 2 aromatic rings. The van der Waals surface area contributed by atoms with Gasteiger partial charge in [-0.25, -0.2) is 0 Å². The molecule has 162 valence electrons. The Kier molecular flexibility index (Phi) is 9.55. The predicted molar refractivity (Wildman–Crippen MR) is 123 cm³/mol. The van der Waals surface area contributed by atoms with E-state index in [2.05, 4.69) is 15.5 Å². The van der Waals surface area contributed by atoms with E-state index < -0.39 is 11.5 Å². The van der Waals surface area contributed by atoms with Crippen molar-refractivity contribution in [2.45, 2.75) is 27.7 Å². The van der Waals surface area contributed by atoms with E-state index >= 15 is 0 Å². The van der Waals surface area contributed by atoms with E-state index in [1.165, 1.54) is 11.6 Å². The molecule has 0 unspecified atom stereocenters. The lowest BCUT2D eigenvalue weighted by Gasteiger charge is -2.17. The van der Waals surface area contributed by atoms with Crippen LogP contribution in [-0.4, -0.2) is 41.9 Å². The highest BCUT2D eigenvalue weighted by atomic mass is 16.2. The molecule has 0 spiro atoms. The Morgan fingerprint density at radius 3 is 2.43 bits per heavy atom. The summed E-state index contributed by atoms with van der Waals surface area (Å²) in [6, 6.07) is 8.12. The molecule has 0 bridgehead atoms. The van der Waals surface area contributed by atoms with Gasteiger partial charge in [0.15, 0.2) is 0 Å². The number of hydrogen-bond acceptors (Lipinski definition) is 4. The van der Waals surface area contributed by atoms with Gasteiger partial charge in [0.1, 0.15) is 5.56 Å². The van der Waals surface area contributed by atoms with Gasteiger partial charge in [0.05, 0.1) is 0 Å². The fourth-order valence-corrected chi connectivity index (χ4v) is 2.66. The number of aromatic nitrogens is 1. The number of nitrogens with one attached hydrogen (secondary N) is 2. The lowest BCUT2D eigenvalue weighted by molar-refractivity contribution is 0.0961. The topological polar surface area (TPSA) is 83.4 Å². The van der Waals surface area contributed by atoms with Crippen LogP contribution in [0.3, 0.4) is 0 Å². The van der Waals surface area contributed by atoms with Gasteiger partial charge in [-0.05, 0) is 49.8 Å². The van der Waals surface area contributed by atoms with Crippen molar-refractivity contribution in [2.75, 3.05) is 26.0 Å². The van der Waals surface area contributed by atoms with Crippen molar-refractivity contribution < 1.29 is 9.59 Å².